The Morgan fingerprint density at radius 2 is 1.79 bits per heavy atom. The molecule has 4 rings (SSSR count). The van der Waals surface area contributed by atoms with E-state index in [2.05, 4.69) is 0 Å². The van der Waals surface area contributed by atoms with Crippen molar-refractivity contribution in [3.63, 3.8) is 0 Å². The van der Waals surface area contributed by atoms with Gasteiger partial charge in [0.2, 0.25) is 10.0 Å². The van der Waals surface area contributed by atoms with Crippen molar-refractivity contribution in [2.24, 2.45) is 7.05 Å². The van der Waals surface area contributed by atoms with Crippen LogP contribution in [-0.4, -0.2) is 23.3 Å². The summed E-state index contributed by atoms with van der Waals surface area (Å²) in [7, 11) is -2.26. The molecular formula is C21H23FN2O4S. The predicted molar refractivity (Wildman–Crippen MR) is 107 cm³/mol. The molecule has 1 heterocycles. The van der Waals surface area contributed by atoms with E-state index in [1.807, 2.05) is 0 Å². The van der Waals surface area contributed by atoms with Crippen molar-refractivity contribution < 1.29 is 17.2 Å². The van der Waals surface area contributed by atoms with Crippen LogP contribution in [-0.2, 0) is 23.6 Å². The third-order valence-corrected chi connectivity index (χ3v) is 7.50. The molecule has 0 saturated heterocycles. The van der Waals surface area contributed by atoms with E-state index >= 15 is 0 Å². The number of halogens is 1. The number of nitrogens with zero attached hydrogens (tertiary/aromatic N) is 2. The Morgan fingerprint density at radius 1 is 1.10 bits per heavy atom. The lowest BCUT2D eigenvalue weighted by atomic mass is 9.95. The number of aryl methyl sites for hydroxylation is 1. The zero-order valence-corrected chi connectivity index (χ0v) is 17.0. The second-order valence-corrected chi connectivity index (χ2v) is 9.42. The summed E-state index contributed by atoms with van der Waals surface area (Å²) in [6.45, 7) is 0.171. The van der Waals surface area contributed by atoms with E-state index in [1.54, 1.807) is 25.2 Å². The van der Waals surface area contributed by atoms with Crippen molar-refractivity contribution in [1.82, 2.24) is 8.87 Å². The first-order chi connectivity index (χ1) is 13.9. The number of aromatic nitrogens is 1. The second kappa shape index (κ2) is 7.76. The van der Waals surface area contributed by atoms with Crippen molar-refractivity contribution >= 4 is 21.1 Å². The van der Waals surface area contributed by atoms with Crippen molar-refractivity contribution in [3.8, 4) is 0 Å². The smallest absolute Gasteiger partial charge is 0.408 e. The number of oxazole rings is 1. The van der Waals surface area contributed by atoms with Gasteiger partial charge in [-0.2, -0.15) is 4.31 Å². The molecule has 0 bridgehead atoms. The van der Waals surface area contributed by atoms with Crippen LogP contribution in [0, 0.1) is 5.82 Å². The van der Waals surface area contributed by atoms with Crippen LogP contribution in [0.5, 0.6) is 0 Å². The topological polar surface area (TPSA) is 72.5 Å². The summed E-state index contributed by atoms with van der Waals surface area (Å²) in [6, 6.07) is 10.3. The Balaban J connectivity index is 1.75. The van der Waals surface area contributed by atoms with Gasteiger partial charge in [0, 0.05) is 25.7 Å². The van der Waals surface area contributed by atoms with E-state index in [-0.39, 0.29) is 28.9 Å². The van der Waals surface area contributed by atoms with E-state index in [0.29, 0.717) is 5.52 Å². The molecule has 8 heteroatoms. The number of hydrogen-bond acceptors (Lipinski definition) is 4. The lowest BCUT2D eigenvalue weighted by Gasteiger charge is -2.33. The van der Waals surface area contributed by atoms with Crippen LogP contribution in [0.2, 0.25) is 0 Å². The summed E-state index contributed by atoms with van der Waals surface area (Å²) in [6.07, 6.45) is 4.65. The largest absolute Gasteiger partial charge is 0.419 e. The normalized spacial score (nSPS) is 16.0. The molecule has 154 valence electrons. The van der Waals surface area contributed by atoms with E-state index in [1.165, 1.54) is 33.1 Å². The molecule has 1 aliphatic carbocycles. The van der Waals surface area contributed by atoms with Gasteiger partial charge in [-0.15, -0.1) is 0 Å². The van der Waals surface area contributed by atoms with Gasteiger partial charge in [-0.25, -0.2) is 17.6 Å². The van der Waals surface area contributed by atoms with Crippen molar-refractivity contribution in [2.45, 2.75) is 49.6 Å². The number of hydrogen-bond donors (Lipinski definition) is 0. The van der Waals surface area contributed by atoms with Gasteiger partial charge < -0.3 is 4.42 Å². The number of sulfonamides is 1. The zero-order valence-electron chi connectivity index (χ0n) is 16.2. The van der Waals surface area contributed by atoms with E-state index < -0.39 is 15.8 Å². The highest BCUT2D eigenvalue weighted by Crippen LogP contribution is 2.30. The molecule has 6 nitrogen and oxygen atoms in total. The van der Waals surface area contributed by atoms with Gasteiger partial charge in [-0.3, -0.25) is 4.57 Å². The molecule has 0 aliphatic heterocycles. The summed E-state index contributed by atoms with van der Waals surface area (Å²) in [5, 5.41) is 0. The molecule has 1 fully saturated rings. The Labute approximate surface area is 168 Å². The van der Waals surface area contributed by atoms with Crippen LogP contribution in [0.15, 0.2) is 56.6 Å². The van der Waals surface area contributed by atoms with E-state index in [0.717, 1.165) is 37.7 Å². The standard InChI is InChI=1S/C21H23FN2O4S/c1-23-19-12-11-18(13-20(19)28-21(23)25)29(26,27)24(17-5-3-2-4-6-17)14-15-7-9-16(22)10-8-15/h7-13,17H,2-6,14H2,1H3. The first-order valence-corrected chi connectivity index (χ1v) is 11.2. The highest BCUT2D eigenvalue weighted by Gasteiger charge is 2.33. The van der Waals surface area contributed by atoms with Crippen molar-refractivity contribution in [2.75, 3.05) is 0 Å². The SMILES string of the molecule is Cn1c(=O)oc2cc(S(=O)(=O)N(Cc3ccc(F)cc3)C3CCCCC3)ccc21. The summed E-state index contributed by atoms with van der Waals surface area (Å²) in [5.41, 5.74) is 1.51. The fourth-order valence-corrected chi connectivity index (χ4v) is 5.65. The van der Waals surface area contributed by atoms with Crippen LogP contribution in [0.3, 0.4) is 0 Å². The zero-order chi connectivity index (χ0) is 20.6. The first-order valence-electron chi connectivity index (χ1n) is 9.72. The fraction of sp³-hybridized carbons (Fsp3) is 0.381. The molecule has 1 aromatic heterocycles. The Bertz CT molecular complexity index is 1180. The average molecular weight is 418 g/mol. The van der Waals surface area contributed by atoms with Gasteiger partial charge in [0.15, 0.2) is 5.58 Å². The molecule has 29 heavy (non-hydrogen) atoms. The predicted octanol–water partition coefficient (Wildman–Crippen LogP) is 3.79. The number of fused-ring (bicyclic) bond motifs is 1. The highest BCUT2D eigenvalue weighted by atomic mass is 32.2. The Kier molecular flexibility index (Phi) is 5.31. The number of benzene rings is 2. The molecule has 0 spiro atoms. The highest BCUT2D eigenvalue weighted by molar-refractivity contribution is 7.89. The van der Waals surface area contributed by atoms with Gasteiger partial charge in [0.25, 0.3) is 0 Å². The van der Waals surface area contributed by atoms with Gasteiger partial charge >= 0.3 is 5.76 Å². The van der Waals surface area contributed by atoms with Crippen LogP contribution >= 0.6 is 0 Å². The van der Waals surface area contributed by atoms with Crippen LogP contribution < -0.4 is 5.76 Å². The molecule has 2 aromatic carbocycles. The molecule has 0 unspecified atom stereocenters. The molecule has 0 N–H and O–H groups in total. The quantitative estimate of drug-likeness (QED) is 0.632. The van der Waals surface area contributed by atoms with E-state index in [4.69, 9.17) is 4.42 Å². The Hall–Kier alpha value is -2.45. The summed E-state index contributed by atoms with van der Waals surface area (Å²) in [4.78, 5) is 11.8. The number of rotatable bonds is 5. The summed E-state index contributed by atoms with van der Waals surface area (Å²) < 4.78 is 48.4. The van der Waals surface area contributed by atoms with Gasteiger partial charge in [0.05, 0.1) is 10.4 Å². The van der Waals surface area contributed by atoms with Crippen LogP contribution in [0.4, 0.5) is 4.39 Å². The third-order valence-electron chi connectivity index (χ3n) is 5.60. The monoisotopic (exact) mass is 418 g/mol. The van der Waals surface area contributed by atoms with Crippen LogP contribution in [0.1, 0.15) is 37.7 Å². The Morgan fingerprint density at radius 3 is 2.48 bits per heavy atom. The van der Waals surface area contributed by atoms with Crippen molar-refractivity contribution in [1.29, 1.82) is 0 Å². The molecule has 0 radical (unpaired) electrons. The fourth-order valence-electron chi connectivity index (χ4n) is 3.96. The lowest BCUT2D eigenvalue weighted by molar-refractivity contribution is 0.247. The second-order valence-electron chi connectivity index (χ2n) is 7.53. The molecule has 0 amide bonds. The minimum Gasteiger partial charge on any atom is -0.408 e. The summed E-state index contributed by atoms with van der Waals surface area (Å²) >= 11 is 0. The molecule has 0 atom stereocenters. The molecule has 1 aliphatic rings. The van der Waals surface area contributed by atoms with Crippen LogP contribution in [0.25, 0.3) is 11.1 Å². The minimum absolute atomic E-state index is 0.0898. The van der Waals surface area contributed by atoms with Gasteiger partial charge in [-0.05, 0) is 42.7 Å². The molecule has 1 saturated carbocycles. The molecular weight excluding hydrogens is 395 g/mol. The van der Waals surface area contributed by atoms with Gasteiger partial charge in [-0.1, -0.05) is 31.4 Å². The van der Waals surface area contributed by atoms with E-state index in [9.17, 15) is 17.6 Å². The maximum atomic E-state index is 13.6. The average Bonchev–Trinajstić information content (AvgIpc) is 3.01. The first kappa shape index (κ1) is 19.8. The van der Waals surface area contributed by atoms with Crippen molar-refractivity contribution in [3.05, 3.63) is 64.4 Å². The maximum absolute atomic E-state index is 13.6. The third kappa shape index (κ3) is 3.86. The lowest BCUT2D eigenvalue weighted by Crippen LogP contribution is -2.40. The molecule has 3 aromatic rings. The summed E-state index contributed by atoms with van der Waals surface area (Å²) in [5.74, 6) is -0.893. The minimum atomic E-state index is -3.84. The van der Waals surface area contributed by atoms with Gasteiger partial charge in [0.1, 0.15) is 5.82 Å². The maximum Gasteiger partial charge on any atom is 0.419 e.